The first-order valence-electron chi connectivity index (χ1n) is 8.06. The summed E-state index contributed by atoms with van der Waals surface area (Å²) < 4.78 is 30.5. The maximum absolute atomic E-state index is 12.1. The summed E-state index contributed by atoms with van der Waals surface area (Å²) in [6, 6.07) is 11.5. The minimum absolute atomic E-state index is 0.225. The van der Waals surface area contributed by atoms with Crippen LogP contribution in [0.3, 0.4) is 0 Å². The van der Waals surface area contributed by atoms with E-state index in [1.54, 1.807) is 36.4 Å². The molecular weight excluding hydrogens is 411 g/mol. The number of halogens is 2. The van der Waals surface area contributed by atoms with Crippen LogP contribution in [-0.2, 0) is 14.8 Å². The number of rotatable bonds is 8. The number of nitrogens with one attached hydrogen (secondary N) is 1. The fourth-order valence-electron chi connectivity index (χ4n) is 2.22. The summed E-state index contributed by atoms with van der Waals surface area (Å²) >= 11 is 11.8. The largest absolute Gasteiger partial charge is 0.492 e. The Morgan fingerprint density at radius 2 is 1.81 bits per heavy atom. The van der Waals surface area contributed by atoms with Crippen molar-refractivity contribution in [3.05, 3.63) is 58.1 Å². The predicted octanol–water partition coefficient (Wildman–Crippen LogP) is 3.26. The van der Waals surface area contributed by atoms with E-state index in [4.69, 9.17) is 27.9 Å². The molecule has 0 saturated heterocycles. The number of aryl methyl sites for hydroxylation is 1. The molecule has 6 nitrogen and oxygen atoms in total. The number of anilines is 1. The monoisotopic (exact) mass is 430 g/mol. The third-order valence-electron chi connectivity index (χ3n) is 3.64. The van der Waals surface area contributed by atoms with Gasteiger partial charge in [-0.1, -0.05) is 29.3 Å². The molecular formula is C18H20Cl2N2O4S. The Labute approximate surface area is 169 Å². The van der Waals surface area contributed by atoms with Gasteiger partial charge in [-0.15, -0.1) is 0 Å². The lowest BCUT2D eigenvalue weighted by Gasteiger charge is -2.22. The number of nitrogens with zero attached hydrogens (tertiary/aromatic N) is 1. The van der Waals surface area contributed by atoms with E-state index in [1.807, 2.05) is 13.0 Å². The molecule has 0 fully saturated rings. The molecule has 0 spiro atoms. The number of benzene rings is 2. The highest BCUT2D eigenvalue weighted by Gasteiger charge is 2.20. The van der Waals surface area contributed by atoms with E-state index in [2.05, 4.69) is 5.32 Å². The van der Waals surface area contributed by atoms with Gasteiger partial charge in [-0.25, -0.2) is 8.42 Å². The van der Waals surface area contributed by atoms with Crippen LogP contribution < -0.4 is 14.4 Å². The van der Waals surface area contributed by atoms with Gasteiger partial charge in [0.1, 0.15) is 18.9 Å². The van der Waals surface area contributed by atoms with Crippen molar-refractivity contribution in [1.82, 2.24) is 5.32 Å². The molecule has 0 unspecified atom stereocenters. The van der Waals surface area contributed by atoms with Gasteiger partial charge in [0.05, 0.1) is 18.5 Å². The molecule has 0 atom stereocenters. The Kier molecular flexibility index (Phi) is 7.35. The van der Waals surface area contributed by atoms with Crippen LogP contribution in [0.4, 0.5) is 5.69 Å². The van der Waals surface area contributed by atoms with Crippen molar-refractivity contribution < 1.29 is 17.9 Å². The zero-order valence-corrected chi connectivity index (χ0v) is 17.2. The minimum atomic E-state index is -3.62. The van der Waals surface area contributed by atoms with E-state index in [1.165, 1.54) is 0 Å². The van der Waals surface area contributed by atoms with Gasteiger partial charge in [-0.3, -0.25) is 9.10 Å². The summed E-state index contributed by atoms with van der Waals surface area (Å²) in [5.41, 5.74) is 1.31. The first-order valence-corrected chi connectivity index (χ1v) is 10.7. The summed E-state index contributed by atoms with van der Waals surface area (Å²) in [4.78, 5) is 12.1. The molecule has 0 heterocycles. The predicted molar refractivity (Wildman–Crippen MR) is 108 cm³/mol. The first kappa shape index (κ1) is 21.3. The third kappa shape index (κ3) is 6.61. The molecule has 1 N–H and O–H groups in total. The number of carbonyl (C=O) groups is 1. The highest BCUT2D eigenvalue weighted by Crippen LogP contribution is 2.22. The van der Waals surface area contributed by atoms with E-state index >= 15 is 0 Å². The Morgan fingerprint density at radius 1 is 1.15 bits per heavy atom. The number of amides is 1. The third-order valence-corrected chi connectivity index (χ3v) is 5.44. The van der Waals surface area contributed by atoms with E-state index in [9.17, 15) is 13.2 Å². The molecule has 0 aliphatic carbocycles. The lowest BCUT2D eigenvalue weighted by atomic mass is 10.2. The van der Waals surface area contributed by atoms with Crippen molar-refractivity contribution in [2.24, 2.45) is 0 Å². The minimum Gasteiger partial charge on any atom is -0.492 e. The van der Waals surface area contributed by atoms with Crippen molar-refractivity contribution in [3.8, 4) is 5.75 Å². The molecule has 1 amide bonds. The lowest BCUT2D eigenvalue weighted by Crippen LogP contribution is -2.41. The standard InChI is InChI=1S/C18H20Cl2N2O4S/c1-13-3-8-16(11-17(13)20)26-10-9-21-18(23)12-22(27(2,24)25)15-6-4-14(19)5-7-15/h3-8,11H,9-10,12H2,1-2H3,(H,21,23). The van der Waals surface area contributed by atoms with Crippen molar-refractivity contribution in [1.29, 1.82) is 0 Å². The average Bonchev–Trinajstić information content (AvgIpc) is 2.59. The van der Waals surface area contributed by atoms with Crippen molar-refractivity contribution >= 4 is 44.8 Å². The van der Waals surface area contributed by atoms with E-state index in [-0.39, 0.29) is 19.7 Å². The van der Waals surface area contributed by atoms with Gasteiger partial charge in [0.15, 0.2) is 0 Å². The fourth-order valence-corrected chi connectivity index (χ4v) is 3.37. The van der Waals surface area contributed by atoms with Gasteiger partial charge in [0.25, 0.3) is 0 Å². The second kappa shape index (κ2) is 9.30. The SMILES string of the molecule is Cc1ccc(OCCNC(=O)CN(c2ccc(Cl)cc2)S(C)(=O)=O)cc1Cl. The normalized spacial score (nSPS) is 11.1. The van der Waals surface area contributed by atoms with Gasteiger partial charge >= 0.3 is 0 Å². The lowest BCUT2D eigenvalue weighted by molar-refractivity contribution is -0.119. The molecule has 0 saturated carbocycles. The molecule has 0 bridgehead atoms. The van der Waals surface area contributed by atoms with Crippen LogP contribution in [0.15, 0.2) is 42.5 Å². The van der Waals surface area contributed by atoms with Crippen LogP contribution in [0.1, 0.15) is 5.56 Å². The first-order chi connectivity index (χ1) is 12.7. The van der Waals surface area contributed by atoms with Crippen LogP contribution >= 0.6 is 23.2 Å². The number of carbonyl (C=O) groups excluding carboxylic acids is 1. The Bertz CT molecular complexity index is 902. The molecule has 9 heteroatoms. The summed E-state index contributed by atoms with van der Waals surface area (Å²) in [7, 11) is -3.62. The molecule has 0 radical (unpaired) electrons. The van der Waals surface area contributed by atoms with Crippen molar-refractivity contribution in [2.75, 3.05) is 30.3 Å². The maximum Gasteiger partial charge on any atom is 0.240 e. The number of hydrogen-bond donors (Lipinski definition) is 1. The van der Waals surface area contributed by atoms with Crippen LogP contribution in [-0.4, -0.2) is 40.3 Å². The van der Waals surface area contributed by atoms with Gasteiger partial charge in [0.2, 0.25) is 15.9 Å². The molecule has 0 aromatic heterocycles. The van der Waals surface area contributed by atoms with E-state index in [0.717, 1.165) is 16.1 Å². The number of sulfonamides is 1. The van der Waals surface area contributed by atoms with E-state index < -0.39 is 15.9 Å². The van der Waals surface area contributed by atoms with Gasteiger partial charge < -0.3 is 10.1 Å². The van der Waals surface area contributed by atoms with Crippen LogP contribution in [0.5, 0.6) is 5.75 Å². The molecule has 27 heavy (non-hydrogen) atoms. The summed E-state index contributed by atoms with van der Waals surface area (Å²) in [5.74, 6) is 0.152. The van der Waals surface area contributed by atoms with Crippen molar-refractivity contribution in [3.63, 3.8) is 0 Å². The summed E-state index contributed by atoms with van der Waals surface area (Å²) in [5, 5.41) is 3.71. The Morgan fingerprint density at radius 3 is 2.41 bits per heavy atom. The zero-order valence-electron chi connectivity index (χ0n) is 14.9. The molecule has 2 rings (SSSR count). The highest BCUT2D eigenvalue weighted by molar-refractivity contribution is 7.92. The highest BCUT2D eigenvalue weighted by atomic mass is 35.5. The second-order valence-corrected chi connectivity index (χ2v) is 8.61. The molecule has 0 aliphatic heterocycles. The summed E-state index contributed by atoms with van der Waals surface area (Å²) in [6.07, 6.45) is 1.04. The molecule has 2 aromatic carbocycles. The summed E-state index contributed by atoms with van der Waals surface area (Å²) in [6.45, 7) is 2.00. The molecule has 0 aliphatic rings. The van der Waals surface area contributed by atoms with Gasteiger partial charge in [-0.05, 0) is 48.9 Å². The Hall–Kier alpha value is -1.96. The smallest absolute Gasteiger partial charge is 0.240 e. The number of hydrogen-bond acceptors (Lipinski definition) is 4. The van der Waals surface area contributed by atoms with Gasteiger partial charge in [-0.2, -0.15) is 0 Å². The topological polar surface area (TPSA) is 75.7 Å². The van der Waals surface area contributed by atoms with Crippen LogP contribution in [0, 0.1) is 6.92 Å². The second-order valence-electron chi connectivity index (χ2n) is 5.86. The van der Waals surface area contributed by atoms with Gasteiger partial charge in [0, 0.05) is 10.0 Å². The molecule has 2 aromatic rings. The Balaban J connectivity index is 1.88. The number of ether oxygens (including phenoxy) is 1. The van der Waals surface area contributed by atoms with E-state index in [0.29, 0.717) is 21.5 Å². The maximum atomic E-state index is 12.1. The average molecular weight is 431 g/mol. The quantitative estimate of drug-likeness (QED) is 0.651. The van der Waals surface area contributed by atoms with Crippen LogP contribution in [0.25, 0.3) is 0 Å². The van der Waals surface area contributed by atoms with Crippen molar-refractivity contribution in [2.45, 2.75) is 6.92 Å². The fraction of sp³-hybridized carbons (Fsp3) is 0.278. The van der Waals surface area contributed by atoms with Crippen LogP contribution in [0.2, 0.25) is 10.0 Å². The molecule has 146 valence electrons. The zero-order chi connectivity index (χ0) is 20.0.